The molecule has 1 N–H and O–H groups in total. The van der Waals surface area contributed by atoms with E-state index in [9.17, 15) is 0 Å². The van der Waals surface area contributed by atoms with Gasteiger partial charge in [-0.15, -0.1) is 0 Å². The fourth-order valence-corrected chi connectivity index (χ4v) is 3.77. The summed E-state index contributed by atoms with van der Waals surface area (Å²) < 4.78 is 11.6. The van der Waals surface area contributed by atoms with Gasteiger partial charge in [0.2, 0.25) is 0 Å². The molecule has 0 bridgehead atoms. The normalized spacial score (nSPS) is 11.0. The topological polar surface area (TPSA) is 42.8 Å². The van der Waals surface area contributed by atoms with E-state index in [1.165, 1.54) is 0 Å². The van der Waals surface area contributed by atoms with Crippen LogP contribution in [0.2, 0.25) is 20.1 Å². The second-order valence-corrected chi connectivity index (χ2v) is 8.07. The molecule has 3 aromatic carbocycles. The first-order valence-electron chi connectivity index (χ1n) is 9.51. The third kappa shape index (κ3) is 6.44. The number of hydrogen-bond acceptors (Lipinski definition) is 4. The number of hydrogen-bond donors (Lipinski definition) is 1. The lowest BCUT2D eigenvalue weighted by molar-refractivity contribution is 0.269. The van der Waals surface area contributed by atoms with Crippen molar-refractivity contribution in [3.05, 3.63) is 91.4 Å². The van der Waals surface area contributed by atoms with E-state index in [1.54, 1.807) is 30.5 Å². The van der Waals surface area contributed by atoms with Crippen molar-refractivity contribution in [3.8, 4) is 11.5 Å². The standard InChI is InChI=1S/C23H20Cl4N2O2/c1-2-30-22-11-15(12-28-29-13-17-19(25)8-5-9-20(17)26)10-21(27)23(22)31-14-16-6-3-4-7-18(16)24/h3-12,29H,2,13-14H2,1H3/b28-12-. The molecule has 0 heterocycles. The summed E-state index contributed by atoms with van der Waals surface area (Å²) in [5, 5.41) is 6.43. The van der Waals surface area contributed by atoms with Crippen LogP contribution in [0.3, 0.4) is 0 Å². The zero-order valence-electron chi connectivity index (χ0n) is 16.7. The number of halogens is 4. The molecule has 0 saturated carbocycles. The van der Waals surface area contributed by atoms with Crippen LogP contribution in [-0.2, 0) is 13.2 Å². The van der Waals surface area contributed by atoms with Crippen LogP contribution >= 0.6 is 46.4 Å². The molecule has 0 saturated heterocycles. The monoisotopic (exact) mass is 496 g/mol. The van der Waals surface area contributed by atoms with Crippen molar-refractivity contribution < 1.29 is 9.47 Å². The van der Waals surface area contributed by atoms with Gasteiger partial charge >= 0.3 is 0 Å². The van der Waals surface area contributed by atoms with E-state index >= 15 is 0 Å². The highest BCUT2D eigenvalue weighted by atomic mass is 35.5. The Morgan fingerprint density at radius 1 is 0.871 bits per heavy atom. The number of ether oxygens (including phenoxy) is 2. The van der Waals surface area contributed by atoms with Crippen LogP contribution < -0.4 is 14.9 Å². The van der Waals surface area contributed by atoms with Crippen LogP contribution in [-0.4, -0.2) is 12.8 Å². The summed E-state index contributed by atoms with van der Waals surface area (Å²) in [5.74, 6) is 0.981. The van der Waals surface area contributed by atoms with Gasteiger partial charge in [-0.25, -0.2) is 0 Å². The summed E-state index contributed by atoms with van der Waals surface area (Å²) in [6.45, 7) is 3.01. The first kappa shape index (κ1) is 23.6. The third-order valence-electron chi connectivity index (χ3n) is 4.28. The molecule has 0 atom stereocenters. The van der Waals surface area contributed by atoms with Crippen LogP contribution in [0, 0.1) is 0 Å². The van der Waals surface area contributed by atoms with Gasteiger partial charge in [0, 0.05) is 26.2 Å². The summed E-state index contributed by atoms with van der Waals surface area (Å²) >= 11 is 25.0. The second kappa shape index (κ2) is 11.5. The predicted octanol–water partition coefficient (Wildman–Crippen LogP) is 7.40. The van der Waals surface area contributed by atoms with Crippen LogP contribution in [0.5, 0.6) is 11.5 Å². The third-order valence-corrected chi connectivity index (χ3v) is 5.64. The number of nitrogens with one attached hydrogen (secondary N) is 1. The van der Waals surface area contributed by atoms with Crippen molar-refractivity contribution in [2.45, 2.75) is 20.1 Å². The Hall–Kier alpha value is -2.11. The SMILES string of the molecule is CCOc1cc(/C=N\NCc2c(Cl)cccc2Cl)cc(Cl)c1OCc1ccccc1Cl. The average Bonchev–Trinajstić information content (AvgIpc) is 2.73. The molecule has 0 radical (unpaired) electrons. The molecule has 162 valence electrons. The molecule has 0 aliphatic rings. The first-order chi connectivity index (χ1) is 15.0. The Bertz CT molecular complexity index is 1050. The zero-order valence-corrected chi connectivity index (χ0v) is 19.7. The van der Waals surface area contributed by atoms with Crippen molar-refractivity contribution in [2.75, 3.05) is 6.61 Å². The van der Waals surface area contributed by atoms with E-state index in [4.69, 9.17) is 55.9 Å². The predicted molar refractivity (Wildman–Crippen MR) is 129 cm³/mol. The lowest BCUT2D eigenvalue weighted by Crippen LogP contribution is -2.07. The minimum absolute atomic E-state index is 0.271. The van der Waals surface area contributed by atoms with Crippen molar-refractivity contribution in [2.24, 2.45) is 5.10 Å². The van der Waals surface area contributed by atoms with Crippen LogP contribution in [0.15, 0.2) is 59.7 Å². The van der Waals surface area contributed by atoms with Crippen LogP contribution in [0.4, 0.5) is 0 Å². The maximum Gasteiger partial charge on any atom is 0.180 e. The molecule has 3 rings (SSSR count). The molecular weight excluding hydrogens is 478 g/mol. The molecule has 0 unspecified atom stereocenters. The van der Waals surface area contributed by atoms with E-state index in [0.717, 1.165) is 16.7 Å². The van der Waals surface area contributed by atoms with Gasteiger partial charge < -0.3 is 14.9 Å². The molecule has 3 aromatic rings. The summed E-state index contributed by atoms with van der Waals surface area (Å²) in [6, 6.07) is 16.4. The molecule has 31 heavy (non-hydrogen) atoms. The molecule has 8 heteroatoms. The molecule has 0 amide bonds. The Morgan fingerprint density at radius 3 is 2.29 bits per heavy atom. The lowest BCUT2D eigenvalue weighted by atomic mass is 10.2. The highest BCUT2D eigenvalue weighted by Crippen LogP contribution is 2.37. The molecule has 0 aromatic heterocycles. The van der Waals surface area contributed by atoms with E-state index in [1.807, 2.05) is 37.3 Å². The fourth-order valence-electron chi connectivity index (χ4n) is 2.78. The molecule has 0 fully saturated rings. The summed E-state index contributed by atoms with van der Waals surface area (Å²) in [5.41, 5.74) is 5.32. The van der Waals surface area contributed by atoms with Crippen LogP contribution in [0.25, 0.3) is 0 Å². The Kier molecular flexibility index (Phi) is 8.73. The maximum absolute atomic E-state index is 6.47. The molecular formula is C23H20Cl4N2O2. The van der Waals surface area contributed by atoms with Gasteiger partial charge in [-0.05, 0) is 42.8 Å². The van der Waals surface area contributed by atoms with E-state index in [2.05, 4.69) is 10.5 Å². The quantitative estimate of drug-likeness (QED) is 0.247. The van der Waals surface area contributed by atoms with Crippen molar-refractivity contribution in [3.63, 3.8) is 0 Å². The van der Waals surface area contributed by atoms with Gasteiger partial charge in [-0.1, -0.05) is 70.7 Å². The van der Waals surface area contributed by atoms with Gasteiger partial charge in [-0.2, -0.15) is 5.10 Å². The molecule has 0 aliphatic carbocycles. The van der Waals surface area contributed by atoms with Gasteiger partial charge in [0.15, 0.2) is 11.5 Å². The van der Waals surface area contributed by atoms with Crippen molar-refractivity contribution in [1.29, 1.82) is 0 Å². The van der Waals surface area contributed by atoms with Gasteiger partial charge in [0.1, 0.15) is 6.61 Å². The minimum Gasteiger partial charge on any atom is -0.490 e. The van der Waals surface area contributed by atoms with Gasteiger partial charge in [-0.3, -0.25) is 0 Å². The minimum atomic E-state index is 0.271. The second-order valence-electron chi connectivity index (χ2n) is 6.44. The maximum atomic E-state index is 6.47. The molecule has 0 aliphatic heterocycles. The summed E-state index contributed by atoms with van der Waals surface area (Å²) in [7, 11) is 0. The molecule has 4 nitrogen and oxygen atoms in total. The highest BCUT2D eigenvalue weighted by molar-refractivity contribution is 6.36. The Labute approximate surface area is 201 Å². The Morgan fingerprint density at radius 2 is 1.58 bits per heavy atom. The fraction of sp³-hybridized carbons (Fsp3) is 0.174. The number of hydrazone groups is 1. The van der Waals surface area contributed by atoms with Gasteiger partial charge in [0.05, 0.1) is 24.4 Å². The van der Waals surface area contributed by atoms with E-state index < -0.39 is 0 Å². The lowest BCUT2D eigenvalue weighted by Gasteiger charge is -2.15. The summed E-state index contributed by atoms with van der Waals surface area (Å²) in [4.78, 5) is 0. The first-order valence-corrected chi connectivity index (χ1v) is 11.0. The molecule has 0 spiro atoms. The summed E-state index contributed by atoms with van der Waals surface area (Å²) in [6.07, 6.45) is 1.64. The van der Waals surface area contributed by atoms with Crippen molar-refractivity contribution in [1.82, 2.24) is 5.43 Å². The van der Waals surface area contributed by atoms with E-state index in [0.29, 0.717) is 44.7 Å². The smallest absolute Gasteiger partial charge is 0.180 e. The zero-order chi connectivity index (χ0) is 22.2. The largest absolute Gasteiger partial charge is 0.490 e. The Balaban J connectivity index is 1.71. The van der Waals surface area contributed by atoms with E-state index in [-0.39, 0.29) is 6.61 Å². The number of nitrogens with zero attached hydrogens (tertiary/aromatic N) is 1. The highest BCUT2D eigenvalue weighted by Gasteiger charge is 2.13. The van der Waals surface area contributed by atoms with Crippen LogP contribution in [0.1, 0.15) is 23.6 Å². The average molecular weight is 498 g/mol. The number of rotatable bonds is 9. The van der Waals surface area contributed by atoms with Gasteiger partial charge in [0.25, 0.3) is 0 Å². The number of benzene rings is 3. The van der Waals surface area contributed by atoms with Crippen molar-refractivity contribution >= 4 is 52.6 Å².